The van der Waals surface area contributed by atoms with Crippen LogP contribution < -0.4 is 11.1 Å². The fourth-order valence-corrected chi connectivity index (χ4v) is 1.59. The Hall–Kier alpha value is -1.25. The average Bonchev–Trinajstić information content (AvgIpc) is 2.18. The Bertz CT molecular complexity index is 323. The fourth-order valence-electron chi connectivity index (χ4n) is 1.59. The van der Waals surface area contributed by atoms with E-state index in [1.165, 1.54) is 12.1 Å². The molecular weight excluding hydrogens is 191 g/mol. The van der Waals surface area contributed by atoms with Gasteiger partial charge in [-0.2, -0.15) is 0 Å². The molecule has 0 aliphatic carbocycles. The largest absolute Gasteiger partial charge is 0.397 e. The van der Waals surface area contributed by atoms with E-state index in [1.54, 1.807) is 6.07 Å². The van der Waals surface area contributed by atoms with E-state index in [9.17, 15) is 4.39 Å². The predicted molar refractivity (Wildman–Crippen MR) is 63.4 cm³/mol. The van der Waals surface area contributed by atoms with E-state index >= 15 is 0 Å². The highest BCUT2D eigenvalue weighted by molar-refractivity contribution is 5.66. The van der Waals surface area contributed by atoms with Crippen LogP contribution in [0.2, 0.25) is 0 Å². The molecular formula is C12H19FN2. The number of nitrogens with two attached hydrogens (primary N) is 1. The van der Waals surface area contributed by atoms with Crippen LogP contribution >= 0.6 is 0 Å². The van der Waals surface area contributed by atoms with Crippen molar-refractivity contribution in [1.29, 1.82) is 0 Å². The molecule has 0 radical (unpaired) electrons. The lowest BCUT2D eigenvalue weighted by atomic mass is 10.0. The Morgan fingerprint density at radius 1 is 1.40 bits per heavy atom. The summed E-state index contributed by atoms with van der Waals surface area (Å²) in [6.45, 7) is 6.38. The van der Waals surface area contributed by atoms with Gasteiger partial charge in [-0.1, -0.05) is 20.8 Å². The first kappa shape index (κ1) is 11.8. The number of hydrogen-bond acceptors (Lipinski definition) is 2. The van der Waals surface area contributed by atoms with E-state index in [4.69, 9.17) is 5.73 Å². The second-order valence-corrected chi connectivity index (χ2v) is 4.13. The van der Waals surface area contributed by atoms with Crippen LogP contribution in [0, 0.1) is 11.7 Å². The summed E-state index contributed by atoms with van der Waals surface area (Å²) in [7, 11) is 0. The van der Waals surface area contributed by atoms with Crippen molar-refractivity contribution in [2.75, 3.05) is 11.1 Å². The van der Waals surface area contributed by atoms with Gasteiger partial charge in [0.15, 0.2) is 0 Å². The number of hydrogen-bond donors (Lipinski definition) is 2. The Balaban J connectivity index is 2.82. The van der Waals surface area contributed by atoms with Crippen LogP contribution in [0.5, 0.6) is 0 Å². The Kier molecular flexibility index (Phi) is 3.95. The third-order valence-electron chi connectivity index (χ3n) is 2.60. The van der Waals surface area contributed by atoms with Crippen molar-refractivity contribution in [3.8, 4) is 0 Å². The molecule has 1 atom stereocenters. The van der Waals surface area contributed by atoms with Crippen molar-refractivity contribution >= 4 is 11.4 Å². The molecule has 0 aliphatic rings. The summed E-state index contributed by atoms with van der Waals surface area (Å²) < 4.78 is 13.0. The quantitative estimate of drug-likeness (QED) is 0.749. The maximum Gasteiger partial charge on any atom is 0.125 e. The van der Waals surface area contributed by atoms with Gasteiger partial charge in [-0.3, -0.25) is 0 Å². The lowest BCUT2D eigenvalue weighted by Crippen LogP contribution is -2.25. The van der Waals surface area contributed by atoms with E-state index in [0.717, 1.165) is 6.42 Å². The monoisotopic (exact) mass is 210 g/mol. The first-order valence-corrected chi connectivity index (χ1v) is 5.36. The van der Waals surface area contributed by atoms with E-state index in [1.807, 2.05) is 0 Å². The minimum atomic E-state index is -0.259. The van der Waals surface area contributed by atoms with Crippen molar-refractivity contribution in [3.63, 3.8) is 0 Å². The molecule has 0 heterocycles. The molecule has 0 spiro atoms. The first-order valence-electron chi connectivity index (χ1n) is 5.36. The molecule has 0 saturated carbocycles. The molecule has 2 nitrogen and oxygen atoms in total. The van der Waals surface area contributed by atoms with Crippen molar-refractivity contribution in [3.05, 3.63) is 24.0 Å². The number of rotatable bonds is 4. The van der Waals surface area contributed by atoms with E-state index < -0.39 is 0 Å². The second kappa shape index (κ2) is 5.01. The lowest BCUT2D eigenvalue weighted by Gasteiger charge is -2.22. The van der Waals surface area contributed by atoms with Crippen molar-refractivity contribution < 1.29 is 4.39 Å². The second-order valence-electron chi connectivity index (χ2n) is 4.13. The summed E-state index contributed by atoms with van der Waals surface area (Å²) in [6, 6.07) is 4.73. The van der Waals surface area contributed by atoms with Gasteiger partial charge >= 0.3 is 0 Å². The van der Waals surface area contributed by atoms with Crippen LogP contribution in [0.15, 0.2) is 18.2 Å². The SMILES string of the molecule is CCC(Nc1cc(F)ccc1N)C(C)C. The molecule has 3 heteroatoms. The third kappa shape index (κ3) is 3.11. The standard InChI is InChI=1S/C12H19FN2/c1-4-11(8(2)3)15-12-7-9(13)5-6-10(12)14/h5-8,11,15H,4,14H2,1-3H3. The predicted octanol–water partition coefficient (Wildman–Crippen LogP) is 3.25. The van der Waals surface area contributed by atoms with Gasteiger partial charge in [-0.25, -0.2) is 4.39 Å². The highest BCUT2D eigenvalue weighted by atomic mass is 19.1. The molecule has 0 aromatic heterocycles. The molecule has 84 valence electrons. The lowest BCUT2D eigenvalue weighted by molar-refractivity contribution is 0.511. The molecule has 1 aromatic rings. The Morgan fingerprint density at radius 2 is 2.07 bits per heavy atom. The Labute approximate surface area is 90.7 Å². The Morgan fingerprint density at radius 3 is 2.60 bits per heavy atom. The molecule has 0 saturated heterocycles. The van der Waals surface area contributed by atoms with Gasteiger partial charge in [0.1, 0.15) is 5.82 Å². The highest BCUT2D eigenvalue weighted by Crippen LogP contribution is 2.22. The molecule has 1 rings (SSSR count). The maximum absolute atomic E-state index is 13.0. The maximum atomic E-state index is 13.0. The van der Waals surface area contributed by atoms with Crippen LogP contribution in [0.1, 0.15) is 27.2 Å². The zero-order chi connectivity index (χ0) is 11.4. The smallest absolute Gasteiger partial charge is 0.125 e. The summed E-state index contributed by atoms with van der Waals surface area (Å²) in [5, 5.41) is 3.27. The molecule has 3 N–H and O–H groups in total. The first-order chi connectivity index (χ1) is 7.04. The summed E-state index contributed by atoms with van der Waals surface area (Å²) in [6.07, 6.45) is 0.994. The number of anilines is 2. The number of benzene rings is 1. The van der Waals surface area contributed by atoms with Gasteiger partial charge in [-0.05, 0) is 30.5 Å². The molecule has 0 fully saturated rings. The number of nitrogens with one attached hydrogen (secondary N) is 1. The summed E-state index contributed by atoms with van der Waals surface area (Å²) in [5.74, 6) is 0.239. The molecule has 0 bridgehead atoms. The van der Waals surface area contributed by atoms with Gasteiger partial charge in [0.2, 0.25) is 0 Å². The molecule has 15 heavy (non-hydrogen) atoms. The van der Waals surface area contributed by atoms with Gasteiger partial charge in [0.25, 0.3) is 0 Å². The summed E-state index contributed by atoms with van der Waals surface area (Å²) >= 11 is 0. The summed E-state index contributed by atoms with van der Waals surface area (Å²) in [5.41, 5.74) is 7.05. The van der Waals surface area contributed by atoms with Crippen LogP contribution in [0.4, 0.5) is 15.8 Å². The fraction of sp³-hybridized carbons (Fsp3) is 0.500. The zero-order valence-electron chi connectivity index (χ0n) is 9.55. The van der Waals surface area contributed by atoms with Crippen LogP contribution in [0.25, 0.3) is 0 Å². The minimum absolute atomic E-state index is 0.259. The van der Waals surface area contributed by atoms with Crippen molar-refractivity contribution in [2.45, 2.75) is 33.2 Å². The average molecular weight is 210 g/mol. The van der Waals surface area contributed by atoms with Crippen LogP contribution in [0.3, 0.4) is 0 Å². The topological polar surface area (TPSA) is 38.0 Å². The highest BCUT2D eigenvalue weighted by Gasteiger charge is 2.12. The van der Waals surface area contributed by atoms with Gasteiger partial charge in [0, 0.05) is 6.04 Å². The molecule has 1 aromatic carbocycles. The van der Waals surface area contributed by atoms with Gasteiger partial charge in [-0.15, -0.1) is 0 Å². The normalized spacial score (nSPS) is 12.9. The number of halogens is 1. The van der Waals surface area contributed by atoms with E-state index in [2.05, 4.69) is 26.1 Å². The van der Waals surface area contributed by atoms with Gasteiger partial charge < -0.3 is 11.1 Å². The minimum Gasteiger partial charge on any atom is -0.397 e. The van der Waals surface area contributed by atoms with E-state index in [0.29, 0.717) is 23.3 Å². The molecule has 0 amide bonds. The van der Waals surface area contributed by atoms with Crippen LogP contribution in [-0.4, -0.2) is 6.04 Å². The zero-order valence-corrected chi connectivity index (χ0v) is 9.55. The van der Waals surface area contributed by atoms with E-state index in [-0.39, 0.29) is 5.82 Å². The third-order valence-corrected chi connectivity index (χ3v) is 2.60. The number of nitrogen functional groups attached to an aromatic ring is 1. The summed E-state index contributed by atoms with van der Waals surface area (Å²) in [4.78, 5) is 0. The van der Waals surface area contributed by atoms with Crippen molar-refractivity contribution in [2.24, 2.45) is 5.92 Å². The van der Waals surface area contributed by atoms with Gasteiger partial charge in [0.05, 0.1) is 11.4 Å². The molecule has 0 aliphatic heterocycles. The van der Waals surface area contributed by atoms with Crippen molar-refractivity contribution in [1.82, 2.24) is 0 Å². The molecule has 1 unspecified atom stereocenters. The van der Waals surface area contributed by atoms with Crippen LogP contribution in [-0.2, 0) is 0 Å².